The Labute approximate surface area is 112 Å². The summed E-state index contributed by atoms with van der Waals surface area (Å²) in [6, 6.07) is 1.59. The van der Waals surface area contributed by atoms with Crippen molar-refractivity contribution >= 4 is 0 Å². The predicted molar refractivity (Wildman–Crippen MR) is 75.9 cm³/mol. The number of nitrogens with zero attached hydrogens (tertiary/aromatic N) is 1. The number of rotatable bonds is 5. The molecular formula is C15H30N2O. The molecule has 2 fully saturated rings. The molecule has 1 aliphatic heterocycles. The van der Waals surface area contributed by atoms with Gasteiger partial charge in [-0.1, -0.05) is 13.3 Å². The molecule has 0 aromatic carbocycles. The van der Waals surface area contributed by atoms with Crippen LogP contribution in [-0.2, 0) is 4.74 Å². The van der Waals surface area contributed by atoms with Gasteiger partial charge in [-0.3, -0.25) is 0 Å². The first kappa shape index (κ1) is 14.3. The van der Waals surface area contributed by atoms with Gasteiger partial charge in [-0.25, -0.2) is 0 Å². The highest BCUT2D eigenvalue weighted by Crippen LogP contribution is 2.26. The lowest BCUT2D eigenvalue weighted by molar-refractivity contribution is 0.0185. The van der Waals surface area contributed by atoms with E-state index < -0.39 is 0 Å². The van der Waals surface area contributed by atoms with Crippen LogP contribution in [0.15, 0.2) is 0 Å². The minimum absolute atomic E-state index is 0.513. The van der Waals surface area contributed by atoms with Gasteiger partial charge in [0.25, 0.3) is 0 Å². The second-order valence-corrected chi connectivity index (χ2v) is 5.94. The van der Waals surface area contributed by atoms with Crippen LogP contribution in [0.5, 0.6) is 0 Å². The summed E-state index contributed by atoms with van der Waals surface area (Å²) in [7, 11) is 1.85. The zero-order valence-corrected chi connectivity index (χ0v) is 12.2. The Kier molecular flexibility index (Phi) is 5.93. The topological polar surface area (TPSA) is 24.5 Å². The molecule has 0 aromatic heterocycles. The van der Waals surface area contributed by atoms with Crippen LogP contribution >= 0.6 is 0 Å². The average Bonchev–Trinajstić information content (AvgIpc) is 2.45. The summed E-state index contributed by atoms with van der Waals surface area (Å²) < 4.78 is 5.46. The molecule has 18 heavy (non-hydrogen) atoms. The van der Waals surface area contributed by atoms with Crippen molar-refractivity contribution in [1.82, 2.24) is 10.2 Å². The first-order valence-corrected chi connectivity index (χ1v) is 7.83. The number of hydrogen-bond donors (Lipinski definition) is 1. The van der Waals surface area contributed by atoms with Crippen LogP contribution in [0.25, 0.3) is 0 Å². The minimum Gasteiger partial charge on any atom is -0.381 e. The summed E-state index contributed by atoms with van der Waals surface area (Å²) in [5, 5.41) is 3.71. The fraction of sp³-hybridized carbons (Fsp3) is 1.00. The molecule has 1 aliphatic carbocycles. The quantitative estimate of drug-likeness (QED) is 0.815. The van der Waals surface area contributed by atoms with E-state index in [0.29, 0.717) is 6.10 Å². The fourth-order valence-electron chi connectivity index (χ4n) is 3.51. The first-order valence-electron chi connectivity index (χ1n) is 7.83. The number of ether oxygens (including phenoxy) is 1. The Balaban J connectivity index is 1.75. The van der Waals surface area contributed by atoms with Crippen molar-refractivity contribution in [3.8, 4) is 0 Å². The second-order valence-electron chi connectivity index (χ2n) is 5.94. The zero-order valence-electron chi connectivity index (χ0n) is 12.2. The summed E-state index contributed by atoms with van der Waals surface area (Å²) in [4.78, 5) is 2.72. The highest BCUT2D eigenvalue weighted by atomic mass is 16.5. The highest BCUT2D eigenvalue weighted by molar-refractivity contribution is 4.86. The number of hydrogen-bond acceptors (Lipinski definition) is 3. The first-order chi connectivity index (χ1) is 8.83. The maximum absolute atomic E-state index is 5.46. The van der Waals surface area contributed by atoms with Gasteiger partial charge >= 0.3 is 0 Å². The normalized spacial score (nSPS) is 31.7. The zero-order chi connectivity index (χ0) is 12.8. The van der Waals surface area contributed by atoms with Crippen LogP contribution in [0.1, 0.15) is 51.9 Å². The molecule has 1 saturated heterocycles. The molecule has 0 amide bonds. The largest absolute Gasteiger partial charge is 0.381 e. The molecule has 106 valence electrons. The van der Waals surface area contributed by atoms with E-state index in [1.54, 1.807) is 0 Å². The molecular weight excluding hydrogens is 224 g/mol. The molecule has 2 rings (SSSR count). The fourth-order valence-corrected chi connectivity index (χ4v) is 3.51. The number of methoxy groups -OCH3 is 1. The Morgan fingerprint density at radius 1 is 1.17 bits per heavy atom. The second kappa shape index (κ2) is 7.46. The summed E-state index contributed by atoms with van der Waals surface area (Å²) >= 11 is 0. The van der Waals surface area contributed by atoms with Crippen LogP contribution in [-0.4, -0.2) is 49.8 Å². The van der Waals surface area contributed by atoms with Gasteiger partial charge in [0, 0.05) is 32.3 Å². The Bertz CT molecular complexity index is 227. The molecule has 0 spiro atoms. The molecule has 2 atom stereocenters. The van der Waals surface area contributed by atoms with Crippen molar-refractivity contribution in [3.05, 3.63) is 0 Å². The molecule has 0 bridgehead atoms. The third-order valence-electron chi connectivity index (χ3n) is 4.66. The van der Waals surface area contributed by atoms with Crippen LogP contribution in [0.2, 0.25) is 0 Å². The van der Waals surface area contributed by atoms with Crippen molar-refractivity contribution in [2.45, 2.75) is 70.1 Å². The van der Waals surface area contributed by atoms with Crippen molar-refractivity contribution in [3.63, 3.8) is 0 Å². The van der Waals surface area contributed by atoms with Gasteiger partial charge in [-0.05, 0) is 45.1 Å². The molecule has 3 nitrogen and oxygen atoms in total. The Morgan fingerprint density at radius 3 is 2.61 bits per heavy atom. The van der Waals surface area contributed by atoms with Crippen molar-refractivity contribution in [1.29, 1.82) is 0 Å². The van der Waals surface area contributed by atoms with Crippen LogP contribution in [0, 0.1) is 0 Å². The van der Waals surface area contributed by atoms with Gasteiger partial charge in [0.1, 0.15) is 0 Å². The molecule has 2 aliphatic rings. The van der Waals surface area contributed by atoms with Crippen LogP contribution in [0.4, 0.5) is 0 Å². The van der Waals surface area contributed by atoms with E-state index in [1.807, 2.05) is 7.11 Å². The minimum atomic E-state index is 0.513. The molecule has 0 radical (unpaired) electrons. The Morgan fingerprint density at radius 2 is 1.94 bits per heavy atom. The van der Waals surface area contributed by atoms with Gasteiger partial charge < -0.3 is 15.0 Å². The van der Waals surface area contributed by atoms with Gasteiger partial charge in [0.2, 0.25) is 0 Å². The van der Waals surface area contributed by atoms with Gasteiger partial charge in [-0.15, -0.1) is 0 Å². The Hall–Kier alpha value is -0.120. The monoisotopic (exact) mass is 254 g/mol. The molecule has 0 aromatic rings. The van der Waals surface area contributed by atoms with E-state index in [4.69, 9.17) is 4.74 Å². The smallest absolute Gasteiger partial charge is 0.0595 e. The van der Waals surface area contributed by atoms with E-state index in [-0.39, 0.29) is 0 Å². The van der Waals surface area contributed by atoms with Crippen molar-refractivity contribution in [2.24, 2.45) is 0 Å². The van der Waals surface area contributed by atoms with Crippen LogP contribution < -0.4 is 5.32 Å². The SMILES string of the molecule is CCCNC1CCCC(N2CCC(OC)CC2)C1. The van der Waals surface area contributed by atoms with E-state index in [1.165, 1.54) is 64.6 Å². The molecule has 1 heterocycles. The standard InChI is InChI=1S/C15H30N2O/c1-3-9-16-13-5-4-6-14(12-13)17-10-7-15(18-2)8-11-17/h13-16H,3-12H2,1-2H3. The lowest BCUT2D eigenvalue weighted by Crippen LogP contribution is -2.48. The van der Waals surface area contributed by atoms with E-state index >= 15 is 0 Å². The summed E-state index contributed by atoms with van der Waals surface area (Å²) in [5.74, 6) is 0. The third-order valence-corrected chi connectivity index (χ3v) is 4.66. The molecule has 1 saturated carbocycles. The molecule has 1 N–H and O–H groups in total. The highest BCUT2D eigenvalue weighted by Gasteiger charge is 2.29. The summed E-state index contributed by atoms with van der Waals surface area (Å²) in [6.45, 7) is 5.92. The van der Waals surface area contributed by atoms with E-state index in [0.717, 1.165) is 12.1 Å². The average molecular weight is 254 g/mol. The van der Waals surface area contributed by atoms with E-state index in [9.17, 15) is 0 Å². The number of nitrogens with one attached hydrogen (secondary N) is 1. The van der Waals surface area contributed by atoms with Crippen molar-refractivity contribution in [2.75, 3.05) is 26.7 Å². The van der Waals surface area contributed by atoms with E-state index in [2.05, 4.69) is 17.1 Å². The van der Waals surface area contributed by atoms with Crippen LogP contribution in [0.3, 0.4) is 0 Å². The van der Waals surface area contributed by atoms with Gasteiger partial charge in [0.05, 0.1) is 6.10 Å². The maximum atomic E-state index is 5.46. The predicted octanol–water partition coefficient (Wildman–Crippen LogP) is 2.41. The van der Waals surface area contributed by atoms with Crippen molar-refractivity contribution < 1.29 is 4.74 Å². The van der Waals surface area contributed by atoms with Gasteiger partial charge in [-0.2, -0.15) is 0 Å². The summed E-state index contributed by atoms with van der Waals surface area (Å²) in [6.07, 6.45) is 9.75. The third kappa shape index (κ3) is 3.94. The number of likely N-dealkylation sites (tertiary alicyclic amines) is 1. The maximum Gasteiger partial charge on any atom is 0.0595 e. The summed E-state index contributed by atoms with van der Waals surface area (Å²) in [5.41, 5.74) is 0. The lowest BCUT2D eigenvalue weighted by atomic mass is 9.88. The molecule has 3 heteroatoms. The lowest BCUT2D eigenvalue weighted by Gasteiger charge is -2.41. The molecule has 2 unspecified atom stereocenters. The number of piperidine rings is 1. The van der Waals surface area contributed by atoms with Gasteiger partial charge in [0.15, 0.2) is 0 Å².